The largest absolute Gasteiger partial charge is 0.454 e. The summed E-state index contributed by atoms with van der Waals surface area (Å²) in [4.78, 5) is 11.9. The van der Waals surface area contributed by atoms with Gasteiger partial charge in [0, 0.05) is 11.0 Å². The Bertz CT molecular complexity index is 724. The number of rotatable bonds is 3. The first kappa shape index (κ1) is 15.0. The molecule has 2 amide bonds. The van der Waals surface area contributed by atoms with Gasteiger partial charge in [0.15, 0.2) is 11.5 Å². The van der Waals surface area contributed by atoms with Crippen molar-refractivity contribution in [3.05, 3.63) is 51.5 Å². The molecule has 1 heterocycles. The van der Waals surface area contributed by atoms with Crippen molar-refractivity contribution in [2.75, 3.05) is 12.1 Å². The third-order valence-corrected chi connectivity index (χ3v) is 3.88. The standard InChI is InChI=1S/C15H12BrClN2O3/c16-10-2-3-12(11(17)6-10)19-15(20)18-7-9-1-4-13-14(5-9)22-8-21-13/h1-6H,7-8H2,(H2,18,19,20). The minimum absolute atomic E-state index is 0.231. The maximum atomic E-state index is 11.9. The van der Waals surface area contributed by atoms with Crippen molar-refractivity contribution < 1.29 is 14.3 Å². The first-order valence-corrected chi connectivity index (χ1v) is 7.67. The highest BCUT2D eigenvalue weighted by atomic mass is 79.9. The van der Waals surface area contributed by atoms with Gasteiger partial charge in [-0.05, 0) is 35.9 Å². The smallest absolute Gasteiger partial charge is 0.319 e. The van der Waals surface area contributed by atoms with Crippen LogP contribution in [0.15, 0.2) is 40.9 Å². The molecule has 0 bridgehead atoms. The first-order chi connectivity index (χ1) is 10.6. The zero-order valence-electron chi connectivity index (χ0n) is 11.4. The van der Waals surface area contributed by atoms with Crippen LogP contribution in [0.1, 0.15) is 5.56 Å². The second kappa shape index (κ2) is 6.46. The van der Waals surface area contributed by atoms with E-state index in [0.29, 0.717) is 23.0 Å². The molecule has 114 valence electrons. The summed E-state index contributed by atoms with van der Waals surface area (Å²) in [5.74, 6) is 1.41. The summed E-state index contributed by atoms with van der Waals surface area (Å²) in [6, 6.07) is 10.5. The van der Waals surface area contributed by atoms with Crippen LogP contribution in [0.4, 0.5) is 10.5 Å². The summed E-state index contributed by atoms with van der Waals surface area (Å²) in [5, 5.41) is 5.93. The molecule has 22 heavy (non-hydrogen) atoms. The van der Waals surface area contributed by atoms with E-state index in [0.717, 1.165) is 15.8 Å². The minimum atomic E-state index is -0.332. The van der Waals surface area contributed by atoms with Gasteiger partial charge >= 0.3 is 6.03 Å². The fourth-order valence-electron chi connectivity index (χ4n) is 1.99. The van der Waals surface area contributed by atoms with Crippen LogP contribution >= 0.6 is 27.5 Å². The highest BCUT2D eigenvalue weighted by Gasteiger charge is 2.13. The predicted octanol–water partition coefficient (Wildman–Crippen LogP) is 4.15. The van der Waals surface area contributed by atoms with Crippen molar-refractivity contribution in [1.29, 1.82) is 0 Å². The molecule has 0 aliphatic carbocycles. The highest BCUT2D eigenvalue weighted by molar-refractivity contribution is 9.10. The summed E-state index contributed by atoms with van der Waals surface area (Å²) in [5.41, 5.74) is 1.47. The number of amides is 2. The molecule has 3 rings (SSSR count). The molecule has 0 radical (unpaired) electrons. The molecule has 0 saturated heterocycles. The zero-order valence-corrected chi connectivity index (χ0v) is 13.7. The van der Waals surface area contributed by atoms with Gasteiger partial charge in [0.05, 0.1) is 10.7 Å². The van der Waals surface area contributed by atoms with Crippen LogP contribution in [0.3, 0.4) is 0 Å². The molecular weight excluding hydrogens is 372 g/mol. The Morgan fingerprint density at radius 1 is 1.18 bits per heavy atom. The van der Waals surface area contributed by atoms with Gasteiger partial charge in [0.2, 0.25) is 6.79 Å². The number of anilines is 1. The van der Waals surface area contributed by atoms with Gasteiger partial charge in [-0.25, -0.2) is 4.79 Å². The Balaban J connectivity index is 1.58. The van der Waals surface area contributed by atoms with Gasteiger partial charge in [0.1, 0.15) is 0 Å². The number of carbonyl (C=O) groups is 1. The average molecular weight is 384 g/mol. The van der Waals surface area contributed by atoms with Crippen molar-refractivity contribution in [2.45, 2.75) is 6.54 Å². The zero-order chi connectivity index (χ0) is 15.5. The van der Waals surface area contributed by atoms with Crippen LogP contribution in [0.5, 0.6) is 11.5 Å². The van der Waals surface area contributed by atoms with Crippen molar-refractivity contribution in [3.8, 4) is 11.5 Å². The maximum absolute atomic E-state index is 11.9. The lowest BCUT2D eigenvalue weighted by Crippen LogP contribution is -2.28. The molecule has 2 aromatic carbocycles. The summed E-state index contributed by atoms with van der Waals surface area (Å²) in [7, 11) is 0. The van der Waals surface area contributed by atoms with Crippen LogP contribution in [0, 0.1) is 0 Å². The topological polar surface area (TPSA) is 59.6 Å². The summed E-state index contributed by atoms with van der Waals surface area (Å²) in [6.07, 6.45) is 0. The lowest BCUT2D eigenvalue weighted by molar-refractivity contribution is 0.174. The van der Waals surface area contributed by atoms with E-state index in [9.17, 15) is 4.79 Å². The first-order valence-electron chi connectivity index (χ1n) is 6.50. The monoisotopic (exact) mass is 382 g/mol. The highest BCUT2D eigenvalue weighted by Crippen LogP contribution is 2.32. The molecule has 2 aromatic rings. The Morgan fingerprint density at radius 3 is 2.82 bits per heavy atom. The number of hydrogen-bond acceptors (Lipinski definition) is 3. The normalized spacial score (nSPS) is 12.1. The number of nitrogens with one attached hydrogen (secondary N) is 2. The molecule has 0 fully saturated rings. The molecule has 7 heteroatoms. The third-order valence-electron chi connectivity index (χ3n) is 3.07. The van der Waals surface area contributed by atoms with Crippen LogP contribution in [-0.4, -0.2) is 12.8 Å². The number of benzene rings is 2. The summed E-state index contributed by atoms with van der Waals surface area (Å²) >= 11 is 9.37. The molecule has 2 N–H and O–H groups in total. The van der Waals surface area contributed by atoms with Gasteiger partial charge in [-0.15, -0.1) is 0 Å². The molecule has 0 spiro atoms. The van der Waals surface area contributed by atoms with Crippen LogP contribution in [-0.2, 0) is 6.54 Å². The third kappa shape index (κ3) is 3.45. The van der Waals surface area contributed by atoms with E-state index in [2.05, 4.69) is 26.6 Å². The van der Waals surface area contributed by atoms with Gasteiger partial charge in [-0.2, -0.15) is 0 Å². The molecule has 1 aliphatic heterocycles. The fourth-order valence-corrected chi connectivity index (χ4v) is 2.71. The number of ether oxygens (including phenoxy) is 2. The molecule has 0 aromatic heterocycles. The van der Waals surface area contributed by atoms with Crippen LogP contribution < -0.4 is 20.1 Å². The Hall–Kier alpha value is -1.92. The van der Waals surface area contributed by atoms with Crippen molar-refractivity contribution in [2.24, 2.45) is 0 Å². The lowest BCUT2D eigenvalue weighted by Gasteiger charge is -2.09. The maximum Gasteiger partial charge on any atom is 0.319 e. The molecular formula is C15H12BrClN2O3. The predicted molar refractivity (Wildman–Crippen MR) is 87.6 cm³/mol. The molecule has 0 saturated carbocycles. The minimum Gasteiger partial charge on any atom is -0.454 e. The Labute approximate surface area is 140 Å². The van der Waals surface area contributed by atoms with Crippen molar-refractivity contribution in [1.82, 2.24) is 5.32 Å². The van der Waals surface area contributed by atoms with E-state index < -0.39 is 0 Å². The Morgan fingerprint density at radius 2 is 2.00 bits per heavy atom. The molecule has 5 nitrogen and oxygen atoms in total. The SMILES string of the molecule is O=C(NCc1ccc2c(c1)OCO2)Nc1ccc(Br)cc1Cl. The molecule has 0 atom stereocenters. The van der Waals surface area contributed by atoms with Gasteiger partial charge in [-0.3, -0.25) is 0 Å². The van der Waals surface area contributed by atoms with Gasteiger partial charge in [-0.1, -0.05) is 33.6 Å². The second-order valence-electron chi connectivity index (χ2n) is 4.62. The van der Waals surface area contributed by atoms with E-state index >= 15 is 0 Å². The number of urea groups is 1. The summed E-state index contributed by atoms with van der Waals surface area (Å²) in [6.45, 7) is 0.603. The average Bonchev–Trinajstić information content (AvgIpc) is 2.95. The van der Waals surface area contributed by atoms with E-state index in [4.69, 9.17) is 21.1 Å². The number of hydrogen-bond donors (Lipinski definition) is 2. The van der Waals surface area contributed by atoms with E-state index in [-0.39, 0.29) is 12.8 Å². The van der Waals surface area contributed by atoms with Crippen molar-refractivity contribution in [3.63, 3.8) is 0 Å². The number of halogens is 2. The van der Waals surface area contributed by atoms with Crippen LogP contribution in [0.25, 0.3) is 0 Å². The van der Waals surface area contributed by atoms with E-state index in [1.54, 1.807) is 18.2 Å². The second-order valence-corrected chi connectivity index (χ2v) is 5.94. The number of fused-ring (bicyclic) bond motifs is 1. The lowest BCUT2D eigenvalue weighted by atomic mass is 10.2. The number of carbonyl (C=O) groups excluding carboxylic acids is 1. The summed E-state index contributed by atoms with van der Waals surface area (Å²) < 4.78 is 11.4. The van der Waals surface area contributed by atoms with Crippen molar-refractivity contribution >= 4 is 39.2 Å². The van der Waals surface area contributed by atoms with Crippen LogP contribution in [0.2, 0.25) is 5.02 Å². The molecule has 1 aliphatic rings. The molecule has 0 unspecified atom stereocenters. The fraction of sp³-hybridized carbons (Fsp3) is 0.133. The van der Waals surface area contributed by atoms with E-state index in [1.807, 2.05) is 18.2 Å². The van der Waals surface area contributed by atoms with Gasteiger partial charge < -0.3 is 20.1 Å². The van der Waals surface area contributed by atoms with Gasteiger partial charge in [0.25, 0.3) is 0 Å². The Kier molecular flexibility index (Phi) is 4.40. The van der Waals surface area contributed by atoms with E-state index in [1.165, 1.54) is 0 Å². The quantitative estimate of drug-likeness (QED) is 0.837.